The van der Waals surface area contributed by atoms with Gasteiger partial charge >= 0.3 is 5.97 Å². The van der Waals surface area contributed by atoms with Gasteiger partial charge in [-0.3, -0.25) is 9.59 Å². The van der Waals surface area contributed by atoms with Gasteiger partial charge in [0.2, 0.25) is 0 Å². The van der Waals surface area contributed by atoms with Crippen molar-refractivity contribution >= 4 is 11.9 Å². The number of nitrogens with one attached hydrogen (secondary N) is 1. The maximum Gasteiger partial charge on any atom is 0.309 e. The lowest BCUT2D eigenvalue weighted by molar-refractivity contribution is -0.139. The Labute approximate surface area is 167 Å². The van der Waals surface area contributed by atoms with Crippen LogP contribution >= 0.6 is 0 Å². The minimum Gasteiger partial charge on any atom is -0.484 e. The number of carbonyl (C=O) groups is 2. The lowest BCUT2D eigenvalue weighted by Crippen LogP contribution is -2.56. The van der Waals surface area contributed by atoms with E-state index in [1.165, 1.54) is 45.6 Å². The number of hydrogen-bond acceptors (Lipinski definition) is 4. The molecule has 5 heteroatoms. The van der Waals surface area contributed by atoms with E-state index in [1.54, 1.807) is 12.1 Å². The minimum atomic E-state index is -0.272. The standard InChI is InChI=1S/C23H31NO4/c1-15(23-11-17-7-18(12-23)9-19(8-17)13-23)24-21(25)14-28-20-5-3-16(4-6-20)10-22(26)27-2/h3-6,15,17-19H,7-14H2,1-2H3,(H,24,25)/t15-,17?,18?,19?,23?/m0/s1. The van der Waals surface area contributed by atoms with E-state index in [9.17, 15) is 9.59 Å². The van der Waals surface area contributed by atoms with Gasteiger partial charge in [0.05, 0.1) is 13.5 Å². The van der Waals surface area contributed by atoms with E-state index in [0.29, 0.717) is 11.2 Å². The molecule has 4 aliphatic rings. The van der Waals surface area contributed by atoms with E-state index in [4.69, 9.17) is 4.74 Å². The average molecular weight is 386 g/mol. The molecule has 1 aromatic carbocycles. The smallest absolute Gasteiger partial charge is 0.309 e. The molecule has 0 saturated heterocycles. The molecule has 0 unspecified atom stereocenters. The van der Waals surface area contributed by atoms with Crippen molar-refractivity contribution in [1.29, 1.82) is 0 Å². The Hall–Kier alpha value is -2.04. The van der Waals surface area contributed by atoms with E-state index in [1.807, 2.05) is 12.1 Å². The lowest BCUT2D eigenvalue weighted by Gasteiger charge is -2.59. The van der Waals surface area contributed by atoms with Crippen LogP contribution in [-0.4, -0.2) is 31.6 Å². The second kappa shape index (κ2) is 7.76. The zero-order chi connectivity index (χ0) is 19.7. The van der Waals surface area contributed by atoms with Crippen LogP contribution in [0.1, 0.15) is 51.0 Å². The topological polar surface area (TPSA) is 64.6 Å². The summed E-state index contributed by atoms with van der Waals surface area (Å²) in [5.41, 5.74) is 1.17. The highest BCUT2D eigenvalue weighted by molar-refractivity contribution is 5.78. The van der Waals surface area contributed by atoms with Crippen molar-refractivity contribution in [2.45, 2.75) is 57.9 Å². The van der Waals surface area contributed by atoms with E-state index in [0.717, 1.165) is 23.3 Å². The van der Waals surface area contributed by atoms with Gasteiger partial charge < -0.3 is 14.8 Å². The van der Waals surface area contributed by atoms with Crippen molar-refractivity contribution in [3.8, 4) is 5.75 Å². The molecule has 1 atom stereocenters. The second-order valence-corrected chi connectivity index (χ2v) is 9.25. The third-order valence-electron chi connectivity index (χ3n) is 7.25. The number of hydrogen-bond donors (Lipinski definition) is 1. The van der Waals surface area contributed by atoms with Gasteiger partial charge in [0.1, 0.15) is 5.75 Å². The molecule has 0 radical (unpaired) electrons. The molecule has 1 aromatic rings. The molecule has 4 fully saturated rings. The van der Waals surface area contributed by atoms with Crippen molar-refractivity contribution in [2.75, 3.05) is 13.7 Å². The van der Waals surface area contributed by atoms with E-state index < -0.39 is 0 Å². The highest BCUT2D eigenvalue weighted by Crippen LogP contribution is 2.61. The van der Waals surface area contributed by atoms with E-state index in [-0.39, 0.29) is 30.9 Å². The average Bonchev–Trinajstić information content (AvgIpc) is 2.66. The summed E-state index contributed by atoms with van der Waals surface area (Å²) in [6.45, 7) is 2.21. The Bertz CT molecular complexity index is 691. The van der Waals surface area contributed by atoms with Crippen molar-refractivity contribution in [2.24, 2.45) is 23.2 Å². The molecule has 0 aliphatic heterocycles. The molecule has 4 aliphatic carbocycles. The molecule has 4 saturated carbocycles. The molecule has 1 amide bonds. The number of ether oxygens (including phenoxy) is 2. The van der Waals surface area contributed by atoms with Crippen LogP contribution in [0.2, 0.25) is 0 Å². The Morgan fingerprint density at radius 3 is 2.18 bits per heavy atom. The predicted octanol–water partition coefficient (Wildman–Crippen LogP) is 3.50. The molecular weight excluding hydrogens is 354 g/mol. The molecule has 4 bridgehead atoms. The third kappa shape index (κ3) is 4.03. The molecule has 5 nitrogen and oxygen atoms in total. The molecule has 0 heterocycles. The van der Waals surface area contributed by atoms with Gasteiger partial charge in [-0.25, -0.2) is 0 Å². The molecule has 1 N–H and O–H groups in total. The van der Waals surface area contributed by atoms with Crippen LogP contribution in [0.25, 0.3) is 0 Å². The van der Waals surface area contributed by atoms with Gasteiger partial charge in [0.25, 0.3) is 5.91 Å². The zero-order valence-electron chi connectivity index (χ0n) is 16.9. The minimum absolute atomic E-state index is 0.0209. The summed E-state index contributed by atoms with van der Waals surface area (Å²) in [5.74, 6) is 2.95. The molecule has 152 valence electrons. The van der Waals surface area contributed by atoms with Crippen molar-refractivity contribution < 1.29 is 19.1 Å². The number of benzene rings is 1. The van der Waals surface area contributed by atoms with E-state index >= 15 is 0 Å². The first kappa shape index (κ1) is 19.3. The quantitative estimate of drug-likeness (QED) is 0.730. The number of rotatable bonds is 7. The highest BCUT2D eigenvalue weighted by atomic mass is 16.5. The van der Waals surface area contributed by atoms with Crippen LogP contribution in [0, 0.1) is 23.2 Å². The molecule has 5 rings (SSSR count). The van der Waals surface area contributed by atoms with Crippen LogP contribution in [0.4, 0.5) is 0 Å². The van der Waals surface area contributed by atoms with E-state index in [2.05, 4.69) is 17.0 Å². The normalized spacial score (nSPS) is 31.3. The fourth-order valence-electron chi connectivity index (χ4n) is 6.24. The fourth-order valence-corrected chi connectivity index (χ4v) is 6.24. The Balaban J connectivity index is 1.27. The van der Waals surface area contributed by atoms with Gasteiger partial charge in [-0.1, -0.05) is 12.1 Å². The monoisotopic (exact) mass is 385 g/mol. The lowest BCUT2D eigenvalue weighted by atomic mass is 9.48. The van der Waals surface area contributed by atoms with Crippen LogP contribution in [0.5, 0.6) is 5.75 Å². The Morgan fingerprint density at radius 2 is 1.64 bits per heavy atom. The SMILES string of the molecule is COC(=O)Cc1ccc(OCC(=O)N[C@@H](C)C23CC4CC(CC(C4)C2)C3)cc1. The first-order valence-electron chi connectivity index (χ1n) is 10.5. The number of carbonyl (C=O) groups excluding carboxylic acids is 2. The number of amides is 1. The maximum atomic E-state index is 12.5. The highest BCUT2D eigenvalue weighted by Gasteiger charge is 2.53. The van der Waals surface area contributed by atoms with Crippen molar-refractivity contribution in [1.82, 2.24) is 5.32 Å². The van der Waals surface area contributed by atoms with Gasteiger partial charge in [-0.05, 0) is 86.3 Å². The summed E-state index contributed by atoms with van der Waals surface area (Å²) in [6, 6.07) is 7.42. The summed E-state index contributed by atoms with van der Waals surface area (Å²) in [5, 5.41) is 3.23. The molecular formula is C23H31NO4. The Kier molecular flexibility index (Phi) is 5.35. The molecule has 28 heavy (non-hydrogen) atoms. The predicted molar refractivity (Wildman–Crippen MR) is 106 cm³/mol. The van der Waals surface area contributed by atoms with Crippen LogP contribution < -0.4 is 10.1 Å². The van der Waals surface area contributed by atoms with Gasteiger partial charge in [-0.2, -0.15) is 0 Å². The summed E-state index contributed by atoms with van der Waals surface area (Å²) in [4.78, 5) is 23.8. The van der Waals surface area contributed by atoms with Gasteiger partial charge in [0.15, 0.2) is 6.61 Å². The van der Waals surface area contributed by atoms with Crippen LogP contribution in [0.3, 0.4) is 0 Å². The van der Waals surface area contributed by atoms with Crippen molar-refractivity contribution in [3.63, 3.8) is 0 Å². The van der Waals surface area contributed by atoms with Crippen LogP contribution in [0.15, 0.2) is 24.3 Å². The van der Waals surface area contributed by atoms with Gasteiger partial charge in [0, 0.05) is 6.04 Å². The summed E-state index contributed by atoms with van der Waals surface area (Å²) in [7, 11) is 1.38. The van der Waals surface area contributed by atoms with Gasteiger partial charge in [-0.15, -0.1) is 0 Å². The zero-order valence-corrected chi connectivity index (χ0v) is 16.9. The molecule has 0 spiro atoms. The van der Waals surface area contributed by atoms with Crippen molar-refractivity contribution in [3.05, 3.63) is 29.8 Å². The summed E-state index contributed by atoms with van der Waals surface area (Å²) in [6.07, 6.45) is 8.31. The first-order chi connectivity index (χ1) is 13.5. The molecule has 0 aromatic heterocycles. The summed E-state index contributed by atoms with van der Waals surface area (Å²) < 4.78 is 10.3. The first-order valence-corrected chi connectivity index (χ1v) is 10.5. The maximum absolute atomic E-state index is 12.5. The number of methoxy groups -OCH3 is 1. The largest absolute Gasteiger partial charge is 0.484 e. The Morgan fingerprint density at radius 1 is 1.07 bits per heavy atom. The van der Waals surface area contributed by atoms with Crippen LogP contribution in [-0.2, 0) is 20.7 Å². The number of esters is 1. The second-order valence-electron chi connectivity index (χ2n) is 9.25. The fraction of sp³-hybridized carbons (Fsp3) is 0.652. The third-order valence-corrected chi connectivity index (χ3v) is 7.25. The summed E-state index contributed by atoms with van der Waals surface area (Å²) >= 11 is 0.